The summed E-state index contributed by atoms with van der Waals surface area (Å²) < 4.78 is 31.7. The summed E-state index contributed by atoms with van der Waals surface area (Å²) in [5.41, 5.74) is 4.36. The number of carbonyl (C=O) groups is 2. The lowest BCUT2D eigenvalue weighted by molar-refractivity contribution is -0.192. The molecule has 0 radical (unpaired) electrons. The number of anilines is 1. The maximum atomic E-state index is 12.8. The molecular weight excluding hydrogens is 439 g/mol. The fourth-order valence-corrected chi connectivity index (χ4v) is 3.34. The van der Waals surface area contributed by atoms with Gasteiger partial charge in [-0.1, -0.05) is 24.3 Å². The Hall–Kier alpha value is -3.89. The SMILES string of the molecule is O=C(Cc1cccnc1)N1CCN(Cc2cnc[nH]2)c2ccccc2C1.O=C(O)C(F)(F)F. The van der Waals surface area contributed by atoms with Crippen LogP contribution >= 0.6 is 0 Å². The van der Waals surface area contributed by atoms with Crippen molar-refractivity contribution in [3.63, 3.8) is 0 Å². The molecule has 0 saturated heterocycles. The van der Waals surface area contributed by atoms with E-state index >= 15 is 0 Å². The van der Waals surface area contributed by atoms with E-state index in [1.807, 2.05) is 35.4 Å². The first-order valence-corrected chi connectivity index (χ1v) is 10.0. The van der Waals surface area contributed by atoms with Crippen LogP contribution in [0.5, 0.6) is 0 Å². The third kappa shape index (κ3) is 6.79. The van der Waals surface area contributed by atoms with E-state index in [0.29, 0.717) is 19.5 Å². The first-order valence-electron chi connectivity index (χ1n) is 10.0. The number of hydrogen-bond donors (Lipinski definition) is 2. The number of aliphatic carboxylic acids is 1. The van der Waals surface area contributed by atoms with Crippen LogP contribution < -0.4 is 4.90 Å². The lowest BCUT2D eigenvalue weighted by atomic mass is 10.1. The molecule has 0 spiro atoms. The molecule has 0 unspecified atom stereocenters. The predicted octanol–water partition coefficient (Wildman–Crippen LogP) is 3.03. The van der Waals surface area contributed by atoms with Crippen molar-refractivity contribution in [3.8, 4) is 0 Å². The molecule has 2 aromatic heterocycles. The minimum Gasteiger partial charge on any atom is -0.475 e. The summed E-state index contributed by atoms with van der Waals surface area (Å²) in [5.74, 6) is -2.62. The van der Waals surface area contributed by atoms with Crippen LogP contribution in [0, 0.1) is 0 Å². The van der Waals surface area contributed by atoms with Crippen LogP contribution in [-0.2, 0) is 29.1 Å². The maximum Gasteiger partial charge on any atom is 0.490 e. The second-order valence-electron chi connectivity index (χ2n) is 7.28. The summed E-state index contributed by atoms with van der Waals surface area (Å²) >= 11 is 0. The van der Waals surface area contributed by atoms with Gasteiger partial charge in [0.25, 0.3) is 0 Å². The number of alkyl halides is 3. The molecule has 3 heterocycles. The summed E-state index contributed by atoms with van der Waals surface area (Å²) in [4.78, 5) is 37.3. The van der Waals surface area contributed by atoms with Crippen LogP contribution in [0.4, 0.5) is 18.9 Å². The first-order chi connectivity index (χ1) is 15.7. The number of hydrogen-bond acceptors (Lipinski definition) is 5. The average molecular weight is 461 g/mol. The fourth-order valence-electron chi connectivity index (χ4n) is 3.34. The van der Waals surface area contributed by atoms with E-state index < -0.39 is 12.1 Å². The number of aromatic nitrogens is 3. The number of fused-ring (bicyclic) bond motifs is 1. The van der Waals surface area contributed by atoms with E-state index in [-0.39, 0.29) is 5.91 Å². The average Bonchev–Trinajstić information content (AvgIpc) is 3.22. The molecule has 33 heavy (non-hydrogen) atoms. The van der Waals surface area contributed by atoms with Gasteiger partial charge in [-0.05, 0) is 23.3 Å². The Balaban J connectivity index is 0.000000383. The predicted molar refractivity (Wildman–Crippen MR) is 113 cm³/mol. The number of nitrogens with zero attached hydrogens (tertiary/aromatic N) is 4. The van der Waals surface area contributed by atoms with E-state index in [0.717, 1.165) is 24.3 Å². The smallest absolute Gasteiger partial charge is 0.475 e. The molecule has 0 saturated carbocycles. The molecule has 0 fully saturated rings. The zero-order valence-electron chi connectivity index (χ0n) is 17.5. The number of para-hydroxylation sites is 1. The number of halogens is 3. The van der Waals surface area contributed by atoms with E-state index in [4.69, 9.17) is 9.90 Å². The monoisotopic (exact) mass is 461 g/mol. The molecule has 3 aromatic rings. The second-order valence-corrected chi connectivity index (χ2v) is 7.28. The van der Waals surface area contributed by atoms with Gasteiger partial charge in [-0.25, -0.2) is 9.78 Å². The molecule has 4 rings (SSSR count). The highest BCUT2D eigenvalue weighted by molar-refractivity contribution is 5.79. The number of carboxylic acids is 1. The topological polar surface area (TPSA) is 102 Å². The first kappa shape index (κ1) is 23.8. The molecule has 8 nitrogen and oxygen atoms in total. The lowest BCUT2D eigenvalue weighted by Gasteiger charge is -2.24. The van der Waals surface area contributed by atoms with E-state index in [1.54, 1.807) is 18.7 Å². The number of nitrogens with one attached hydrogen (secondary N) is 1. The Kier molecular flexibility index (Phi) is 7.65. The van der Waals surface area contributed by atoms with Gasteiger partial charge in [0.05, 0.1) is 25.0 Å². The highest BCUT2D eigenvalue weighted by atomic mass is 19.4. The maximum absolute atomic E-state index is 12.8. The van der Waals surface area contributed by atoms with Crippen molar-refractivity contribution in [2.45, 2.75) is 25.7 Å². The van der Waals surface area contributed by atoms with Gasteiger partial charge in [-0.15, -0.1) is 0 Å². The Labute approximate surface area is 187 Å². The normalized spacial score (nSPS) is 13.4. The molecule has 0 aliphatic carbocycles. The summed E-state index contributed by atoms with van der Waals surface area (Å²) in [6.45, 7) is 2.87. The molecule has 1 amide bonds. The number of imidazole rings is 1. The van der Waals surface area contributed by atoms with Crippen molar-refractivity contribution in [1.29, 1.82) is 0 Å². The van der Waals surface area contributed by atoms with Crippen molar-refractivity contribution < 1.29 is 27.9 Å². The van der Waals surface area contributed by atoms with Crippen molar-refractivity contribution in [2.24, 2.45) is 0 Å². The summed E-state index contributed by atoms with van der Waals surface area (Å²) in [6.07, 6.45) is 2.33. The molecule has 0 bridgehead atoms. The minimum absolute atomic E-state index is 0.135. The third-order valence-electron chi connectivity index (χ3n) is 4.92. The molecule has 1 aliphatic heterocycles. The molecule has 1 aromatic carbocycles. The van der Waals surface area contributed by atoms with Crippen LogP contribution in [0.15, 0.2) is 61.3 Å². The molecule has 11 heteroatoms. The third-order valence-corrected chi connectivity index (χ3v) is 4.92. The van der Waals surface area contributed by atoms with Gasteiger partial charge in [0.2, 0.25) is 5.91 Å². The summed E-state index contributed by atoms with van der Waals surface area (Å²) in [5, 5.41) is 7.12. The van der Waals surface area contributed by atoms with Crippen molar-refractivity contribution in [2.75, 3.05) is 18.0 Å². The van der Waals surface area contributed by atoms with Crippen molar-refractivity contribution in [3.05, 3.63) is 78.1 Å². The quantitative estimate of drug-likeness (QED) is 0.619. The number of carbonyl (C=O) groups excluding carboxylic acids is 1. The van der Waals surface area contributed by atoms with Crippen LogP contribution in [0.3, 0.4) is 0 Å². The highest BCUT2D eigenvalue weighted by Gasteiger charge is 2.38. The standard InChI is InChI=1S/C20H21N5O.C2HF3O2/c26-20(10-16-4-3-7-21-11-16)25-9-8-24(14-18-12-22-15-23-18)19-6-2-1-5-17(19)13-25;3-2(4,5)1(6)7/h1-7,11-12,15H,8-10,13-14H2,(H,22,23);(H,6,7). The van der Waals surface area contributed by atoms with Crippen molar-refractivity contribution in [1.82, 2.24) is 19.9 Å². The van der Waals surface area contributed by atoms with Gasteiger partial charge in [-0.3, -0.25) is 9.78 Å². The zero-order chi connectivity index (χ0) is 23.8. The molecule has 1 aliphatic rings. The molecule has 2 N–H and O–H groups in total. The second kappa shape index (κ2) is 10.6. The Morgan fingerprint density at radius 2 is 1.82 bits per heavy atom. The highest BCUT2D eigenvalue weighted by Crippen LogP contribution is 2.26. The lowest BCUT2D eigenvalue weighted by Crippen LogP contribution is -2.36. The van der Waals surface area contributed by atoms with E-state index in [1.165, 1.54) is 11.3 Å². The van der Waals surface area contributed by atoms with Gasteiger partial charge in [0, 0.05) is 43.9 Å². The Morgan fingerprint density at radius 1 is 1.06 bits per heavy atom. The van der Waals surface area contributed by atoms with Gasteiger partial charge in [-0.2, -0.15) is 13.2 Å². The molecular formula is C22H22F3N5O3. The fraction of sp³-hybridized carbons (Fsp3) is 0.273. The number of rotatable bonds is 4. The van der Waals surface area contributed by atoms with E-state index in [2.05, 4.69) is 32.0 Å². The number of amides is 1. The Morgan fingerprint density at radius 3 is 2.45 bits per heavy atom. The molecule has 174 valence electrons. The van der Waals surface area contributed by atoms with Crippen LogP contribution in [0.2, 0.25) is 0 Å². The summed E-state index contributed by atoms with van der Waals surface area (Å²) in [7, 11) is 0. The number of aromatic amines is 1. The summed E-state index contributed by atoms with van der Waals surface area (Å²) in [6, 6.07) is 12.1. The number of pyridine rings is 1. The van der Waals surface area contributed by atoms with Crippen LogP contribution in [0.1, 0.15) is 16.8 Å². The Bertz CT molecular complexity index is 1060. The zero-order valence-corrected chi connectivity index (χ0v) is 17.5. The van der Waals surface area contributed by atoms with Crippen LogP contribution in [0.25, 0.3) is 0 Å². The van der Waals surface area contributed by atoms with Gasteiger partial charge >= 0.3 is 12.1 Å². The number of H-pyrrole nitrogens is 1. The van der Waals surface area contributed by atoms with Gasteiger partial charge in [0.15, 0.2) is 0 Å². The van der Waals surface area contributed by atoms with Crippen molar-refractivity contribution >= 4 is 17.6 Å². The van der Waals surface area contributed by atoms with Gasteiger partial charge in [0.1, 0.15) is 0 Å². The van der Waals surface area contributed by atoms with E-state index in [9.17, 15) is 18.0 Å². The largest absolute Gasteiger partial charge is 0.490 e. The van der Waals surface area contributed by atoms with Crippen LogP contribution in [-0.4, -0.2) is 56.1 Å². The van der Waals surface area contributed by atoms with Gasteiger partial charge < -0.3 is 19.9 Å². The minimum atomic E-state index is -5.08. The number of carboxylic acid groups (broad SMARTS) is 1. The molecule has 0 atom stereocenters. The number of benzene rings is 1.